The van der Waals surface area contributed by atoms with E-state index in [1.807, 2.05) is 37.4 Å². The standard InChI is InChI=1S/C19H21N5O/c1-24-18-7-6-16(11-17(18)22-23-24)21-19(25)15-4-2-13(3-5-15)10-14-8-9-20-12-14/h2-7,11,14,20H,8-10,12H2,1H3,(H,21,25). The number of nitrogens with one attached hydrogen (secondary N) is 2. The van der Waals surface area contributed by atoms with Crippen LogP contribution in [0.2, 0.25) is 0 Å². The molecule has 6 nitrogen and oxygen atoms in total. The molecule has 1 atom stereocenters. The van der Waals surface area contributed by atoms with E-state index < -0.39 is 0 Å². The lowest BCUT2D eigenvalue weighted by molar-refractivity contribution is 0.102. The van der Waals surface area contributed by atoms with Crippen LogP contribution in [-0.4, -0.2) is 34.0 Å². The van der Waals surface area contributed by atoms with E-state index in [-0.39, 0.29) is 5.91 Å². The van der Waals surface area contributed by atoms with E-state index in [1.165, 1.54) is 12.0 Å². The summed E-state index contributed by atoms with van der Waals surface area (Å²) in [7, 11) is 1.84. The van der Waals surface area contributed by atoms with Crippen molar-refractivity contribution in [2.45, 2.75) is 12.8 Å². The molecule has 1 fully saturated rings. The number of carbonyl (C=O) groups is 1. The summed E-state index contributed by atoms with van der Waals surface area (Å²) in [6.07, 6.45) is 2.30. The van der Waals surface area contributed by atoms with Crippen molar-refractivity contribution in [1.82, 2.24) is 20.3 Å². The Kier molecular flexibility index (Phi) is 4.19. The maximum atomic E-state index is 12.4. The lowest BCUT2D eigenvalue weighted by Crippen LogP contribution is -2.12. The van der Waals surface area contributed by atoms with Gasteiger partial charge in [-0.15, -0.1) is 5.10 Å². The van der Waals surface area contributed by atoms with Crippen LogP contribution in [0.1, 0.15) is 22.3 Å². The Balaban J connectivity index is 1.44. The highest BCUT2D eigenvalue weighted by Crippen LogP contribution is 2.18. The second kappa shape index (κ2) is 6.64. The van der Waals surface area contributed by atoms with Crippen molar-refractivity contribution in [3.05, 3.63) is 53.6 Å². The number of carbonyl (C=O) groups excluding carboxylic acids is 1. The number of nitrogens with zero attached hydrogens (tertiary/aromatic N) is 3. The first-order chi connectivity index (χ1) is 12.2. The Morgan fingerprint density at radius 1 is 1.28 bits per heavy atom. The summed E-state index contributed by atoms with van der Waals surface area (Å²) in [5, 5.41) is 14.4. The highest BCUT2D eigenvalue weighted by atomic mass is 16.1. The van der Waals surface area contributed by atoms with Gasteiger partial charge in [0.2, 0.25) is 0 Å². The van der Waals surface area contributed by atoms with E-state index in [0.29, 0.717) is 11.5 Å². The zero-order valence-corrected chi connectivity index (χ0v) is 14.2. The summed E-state index contributed by atoms with van der Waals surface area (Å²) in [6.45, 7) is 2.20. The van der Waals surface area contributed by atoms with Gasteiger partial charge in [-0.1, -0.05) is 17.3 Å². The number of anilines is 1. The Morgan fingerprint density at radius 2 is 2.12 bits per heavy atom. The number of amides is 1. The van der Waals surface area contributed by atoms with Crippen LogP contribution in [-0.2, 0) is 13.5 Å². The van der Waals surface area contributed by atoms with Gasteiger partial charge in [-0.25, -0.2) is 4.68 Å². The minimum Gasteiger partial charge on any atom is -0.322 e. The smallest absolute Gasteiger partial charge is 0.255 e. The van der Waals surface area contributed by atoms with Crippen LogP contribution in [0.15, 0.2) is 42.5 Å². The molecule has 1 unspecified atom stereocenters. The molecule has 25 heavy (non-hydrogen) atoms. The highest BCUT2D eigenvalue weighted by molar-refractivity contribution is 6.04. The Bertz CT molecular complexity index is 894. The second-order valence-electron chi connectivity index (χ2n) is 6.63. The number of aryl methyl sites for hydroxylation is 1. The molecule has 0 aliphatic carbocycles. The number of rotatable bonds is 4. The molecule has 1 aliphatic heterocycles. The fourth-order valence-corrected chi connectivity index (χ4v) is 3.34. The molecule has 2 N–H and O–H groups in total. The van der Waals surface area contributed by atoms with Crippen LogP contribution >= 0.6 is 0 Å². The van der Waals surface area contributed by atoms with Gasteiger partial charge in [-0.2, -0.15) is 0 Å². The minimum absolute atomic E-state index is 0.114. The molecule has 3 aromatic rings. The van der Waals surface area contributed by atoms with Gasteiger partial charge in [-0.05, 0) is 67.7 Å². The van der Waals surface area contributed by atoms with Crippen LogP contribution in [0, 0.1) is 5.92 Å². The van der Waals surface area contributed by atoms with Gasteiger partial charge in [0, 0.05) is 18.3 Å². The Hall–Kier alpha value is -2.73. The molecule has 2 heterocycles. The van der Waals surface area contributed by atoms with Crippen molar-refractivity contribution < 1.29 is 4.79 Å². The molecular weight excluding hydrogens is 314 g/mol. The molecule has 128 valence electrons. The normalized spacial score (nSPS) is 17.1. The lowest BCUT2D eigenvalue weighted by Gasteiger charge is -2.09. The van der Waals surface area contributed by atoms with E-state index >= 15 is 0 Å². The van der Waals surface area contributed by atoms with Gasteiger partial charge < -0.3 is 10.6 Å². The molecule has 0 saturated carbocycles. The fourth-order valence-electron chi connectivity index (χ4n) is 3.34. The molecule has 1 amide bonds. The Labute approximate surface area is 146 Å². The molecule has 0 bridgehead atoms. The topological polar surface area (TPSA) is 71.8 Å². The minimum atomic E-state index is -0.114. The number of hydrogen-bond donors (Lipinski definition) is 2. The zero-order valence-electron chi connectivity index (χ0n) is 14.2. The molecule has 1 saturated heterocycles. The predicted octanol–water partition coefficient (Wildman–Crippen LogP) is 2.37. The zero-order chi connectivity index (χ0) is 17.2. The second-order valence-corrected chi connectivity index (χ2v) is 6.63. The van der Waals surface area contributed by atoms with Crippen LogP contribution in [0.5, 0.6) is 0 Å². The number of hydrogen-bond acceptors (Lipinski definition) is 4. The largest absolute Gasteiger partial charge is 0.322 e. The maximum absolute atomic E-state index is 12.4. The van der Waals surface area contributed by atoms with Crippen LogP contribution in [0.3, 0.4) is 0 Å². The first-order valence-electron chi connectivity index (χ1n) is 8.59. The van der Waals surface area contributed by atoms with Gasteiger partial charge in [0.25, 0.3) is 5.91 Å². The molecule has 2 aromatic carbocycles. The van der Waals surface area contributed by atoms with E-state index in [4.69, 9.17) is 0 Å². The van der Waals surface area contributed by atoms with Crippen molar-refractivity contribution in [1.29, 1.82) is 0 Å². The summed E-state index contributed by atoms with van der Waals surface area (Å²) < 4.78 is 1.71. The van der Waals surface area contributed by atoms with Crippen LogP contribution in [0.25, 0.3) is 11.0 Å². The Morgan fingerprint density at radius 3 is 2.88 bits per heavy atom. The molecule has 4 rings (SSSR count). The summed E-state index contributed by atoms with van der Waals surface area (Å²) in [6, 6.07) is 13.5. The number of fused-ring (bicyclic) bond motifs is 1. The van der Waals surface area contributed by atoms with E-state index in [0.717, 1.165) is 36.2 Å². The average molecular weight is 335 g/mol. The van der Waals surface area contributed by atoms with Gasteiger partial charge in [0.15, 0.2) is 0 Å². The SMILES string of the molecule is Cn1nnc2cc(NC(=O)c3ccc(CC4CCNC4)cc3)ccc21. The van der Waals surface area contributed by atoms with Gasteiger partial charge in [-0.3, -0.25) is 4.79 Å². The molecule has 6 heteroatoms. The molecule has 1 aromatic heterocycles. The van der Waals surface area contributed by atoms with Gasteiger partial charge >= 0.3 is 0 Å². The van der Waals surface area contributed by atoms with E-state index in [2.05, 4.69) is 33.1 Å². The van der Waals surface area contributed by atoms with E-state index in [9.17, 15) is 4.79 Å². The summed E-state index contributed by atoms with van der Waals surface area (Å²) >= 11 is 0. The summed E-state index contributed by atoms with van der Waals surface area (Å²) in [5.41, 5.74) is 4.36. The molecular formula is C19H21N5O. The monoisotopic (exact) mass is 335 g/mol. The maximum Gasteiger partial charge on any atom is 0.255 e. The number of benzene rings is 2. The van der Waals surface area contributed by atoms with Crippen molar-refractivity contribution in [2.24, 2.45) is 13.0 Å². The van der Waals surface area contributed by atoms with Gasteiger partial charge in [0.05, 0.1) is 5.52 Å². The van der Waals surface area contributed by atoms with Crippen molar-refractivity contribution >= 4 is 22.6 Å². The third-order valence-corrected chi connectivity index (χ3v) is 4.77. The molecule has 1 aliphatic rings. The lowest BCUT2D eigenvalue weighted by atomic mass is 9.98. The predicted molar refractivity (Wildman–Crippen MR) is 97.6 cm³/mol. The fraction of sp³-hybridized carbons (Fsp3) is 0.316. The van der Waals surface area contributed by atoms with Crippen LogP contribution in [0.4, 0.5) is 5.69 Å². The summed E-state index contributed by atoms with van der Waals surface area (Å²) in [4.78, 5) is 12.4. The van der Waals surface area contributed by atoms with E-state index in [1.54, 1.807) is 4.68 Å². The van der Waals surface area contributed by atoms with Crippen molar-refractivity contribution in [2.75, 3.05) is 18.4 Å². The first kappa shape index (κ1) is 15.8. The third-order valence-electron chi connectivity index (χ3n) is 4.77. The van der Waals surface area contributed by atoms with Gasteiger partial charge in [0.1, 0.15) is 5.52 Å². The molecule has 0 spiro atoms. The third kappa shape index (κ3) is 3.39. The van der Waals surface area contributed by atoms with Crippen molar-refractivity contribution in [3.63, 3.8) is 0 Å². The quantitative estimate of drug-likeness (QED) is 0.768. The first-order valence-corrected chi connectivity index (χ1v) is 8.59. The summed E-state index contributed by atoms with van der Waals surface area (Å²) in [5.74, 6) is 0.593. The van der Waals surface area contributed by atoms with Crippen molar-refractivity contribution in [3.8, 4) is 0 Å². The number of aromatic nitrogens is 3. The van der Waals surface area contributed by atoms with Crippen LogP contribution < -0.4 is 10.6 Å². The average Bonchev–Trinajstić information content (AvgIpc) is 3.25. The highest BCUT2D eigenvalue weighted by Gasteiger charge is 2.15. The molecule has 0 radical (unpaired) electrons.